The Hall–Kier alpha value is -3.97. The number of halogens is 3. The number of nitrogens with one attached hydrogen (secondary N) is 2. The van der Waals surface area contributed by atoms with Gasteiger partial charge in [0.25, 0.3) is 15.7 Å². The summed E-state index contributed by atoms with van der Waals surface area (Å²) in [6.45, 7) is -3.03. The van der Waals surface area contributed by atoms with Crippen molar-refractivity contribution in [1.29, 1.82) is 0 Å². The number of anilines is 2. The van der Waals surface area contributed by atoms with E-state index in [-0.39, 0.29) is 27.8 Å². The van der Waals surface area contributed by atoms with Crippen molar-refractivity contribution in [3.8, 4) is 11.5 Å². The van der Waals surface area contributed by atoms with Gasteiger partial charge in [-0.05, 0) is 54.1 Å². The molecule has 0 fully saturated rings. The lowest BCUT2D eigenvalue weighted by atomic mass is 10.2. The van der Waals surface area contributed by atoms with Gasteiger partial charge < -0.3 is 9.47 Å². The molecule has 0 atom stereocenters. The van der Waals surface area contributed by atoms with E-state index in [0.29, 0.717) is 10.6 Å². The van der Waals surface area contributed by atoms with Crippen molar-refractivity contribution in [2.75, 3.05) is 17.3 Å². The maximum atomic E-state index is 12.7. The van der Waals surface area contributed by atoms with Crippen molar-refractivity contribution >= 4 is 44.9 Å². The van der Waals surface area contributed by atoms with Gasteiger partial charge in [-0.2, -0.15) is 13.9 Å². The summed E-state index contributed by atoms with van der Waals surface area (Å²) in [6, 6.07) is 13.2. The van der Waals surface area contributed by atoms with Crippen LogP contribution in [0.1, 0.15) is 5.56 Å². The lowest BCUT2D eigenvalue weighted by molar-refractivity contribution is -0.384. The molecule has 10 nitrogen and oxygen atoms in total. The standard InChI is InChI=1S/C21H17ClF2N4O6S/c1-33-20-9-13(5-8-19(20)34-21(23)24)12-25-26-17-7-6-16(11-18(17)28(29)30)35(31,32)27-15-4-2-3-14(22)10-15/h2-12,21,26-27H,1H3/b25-12-. The van der Waals surface area contributed by atoms with Gasteiger partial charge in [0.1, 0.15) is 5.69 Å². The molecule has 0 unspecified atom stereocenters. The van der Waals surface area contributed by atoms with Gasteiger partial charge in [0.15, 0.2) is 11.5 Å². The third-order valence-corrected chi connectivity index (χ3v) is 5.97. The Labute approximate surface area is 203 Å². The minimum atomic E-state index is -4.15. The lowest BCUT2D eigenvalue weighted by Gasteiger charge is -2.10. The Kier molecular flexibility index (Phi) is 8.04. The molecular weight excluding hydrogens is 510 g/mol. The SMILES string of the molecule is COc1cc(/C=N\Nc2ccc(S(=O)(=O)Nc3cccc(Cl)c3)cc2[N+](=O)[O-])ccc1OC(F)F. The summed E-state index contributed by atoms with van der Waals surface area (Å²) in [5.41, 5.74) is 2.43. The van der Waals surface area contributed by atoms with Gasteiger partial charge in [0.2, 0.25) is 0 Å². The average Bonchev–Trinajstić information content (AvgIpc) is 2.79. The topological polar surface area (TPSA) is 132 Å². The summed E-state index contributed by atoms with van der Waals surface area (Å²) < 4.78 is 61.8. The summed E-state index contributed by atoms with van der Waals surface area (Å²) >= 11 is 5.86. The van der Waals surface area contributed by atoms with Crippen LogP contribution in [-0.4, -0.2) is 33.3 Å². The van der Waals surface area contributed by atoms with Crippen LogP contribution >= 0.6 is 11.6 Å². The third-order valence-electron chi connectivity index (χ3n) is 4.36. The van der Waals surface area contributed by atoms with Crippen LogP contribution in [0.15, 0.2) is 70.7 Å². The minimum absolute atomic E-state index is 0.0296. The van der Waals surface area contributed by atoms with Crippen molar-refractivity contribution in [2.24, 2.45) is 5.10 Å². The van der Waals surface area contributed by atoms with Crippen molar-refractivity contribution in [2.45, 2.75) is 11.5 Å². The van der Waals surface area contributed by atoms with Crippen LogP contribution in [0.4, 0.5) is 25.8 Å². The molecule has 0 amide bonds. The second-order valence-corrected chi connectivity index (χ2v) is 8.83. The molecule has 14 heteroatoms. The van der Waals surface area contributed by atoms with Crippen LogP contribution in [-0.2, 0) is 10.0 Å². The van der Waals surface area contributed by atoms with Crippen molar-refractivity contribution in [3.05, 3.63) is 81.4 Å². The monoisotopic (exact) mass is 526 g/mol. The normalized spacial score (nSPS) is 11.5. The van der Waals surface area contributed by atoms with Crippen LogP contribution in [0.5, 0.6) is 11.5 Å². The molecular formula is C21H17ClF2N4O6S. The number of methoxy groups -OCH3 is 1. The Morgan fingerprint density at radius 1 is 1.11 bits per heavy atom. The predicted octanol–water partition coefficient (Wildman–Crippen LogP) is 5.11. The average molecular weight is 527 g/mol. The molecule has 0 saturated heterocycles. The molecule has 0 aliphatic rings. The highest BCUT2D eigenvalue weighted by Crippen LogP contribution is 2.30. The molecule has 0 aliphatic heterocycles. The zero-order valence-corrected chi connectivity index (χ0v) is 19.4. The Bertz CT molecular complexity index is 1370. The zero-order chi connectivity index (χ0) is 25.6. The Morgan fingerprint density at radius 3 is 2.54 bits per heavy atom. The molecule has 3 aromatic carbocycles. The first-order valence-corrected chi connectivity index (χ1v) is 11.4. The molecule has 0 aromatic heterocycles. The second kappa shape index (κ2) is 11.0. The highest BCUT2D eigenvalue weighted by atomic mass is 35.5. The number of ether oxygens (including phenoxy) is 2. The van der Waals surface area contributed by atoms with Gasteiger partial charge >= 0.3 is 6.61 Å². The van der Waals surface area contributed by atoms with Gasteiger partial charge in [-0.25, -0.2) is 8.42 Å². The molecule has 0 spiro atoms. The van der Waals surface area contributed by atoms with E-state index in [4.69, 9.17) is 16.3 Å². The van der Waals surface area contributed by atoms with E-state index in [1.165, 1.54) is 49.7 Å². The Morgan fingerprint density at radius 2 is 1.89 bits per heavy atom. The van der Waals surface area contributed by atoms with Crippen LogP contribution in [0.25, 0.3) is 0 Å². The predicted molar refractivity (Wildman–Crippen MR) is 126 cm³/mol. The van der Waals surface area contributed by atoms with Gasteiger partial charge in [-0.3, -0.25) is 20.3 Å². The van der Waals surface area contributed by atoms with E-state index in [0.717, 1.165) is 12.1 Å². The smallest absolute Gasteiger partial charge is 0.387 e. The number of nitro benzene ring substituents is 1. The fourth-order valence-corrected chi connectivity index (χ4v) is 4.08. The highest BCUT2D eigenvalue weighted by molar-refractivity contribution is 7.92. The minimum Gasteiger partial charge on any atom is -0.493 e. The van der Waals surface area contributed by atoms with Crippen LogP contribution in [0.2, 0.25) is 5.02 Å². The summed E-state index contributed by atoms with van der Waals surface area (Å²) in [4.78, 5) is 10.4. The first-order valence-electron chi connectivity index (χ1n) is 9.58. The van der Waals surface area contributed by atoms with E-state index in [2.05, 4.69) is 20.0 Å². The Balaban J connectivity index is 1.81. The molecule has 0 aliphatic carbocycles. The largest absolute Gasteiger partial charge is 0.493 e. The number of alkyl halides is 2. The van der Waals surface area contributed by atoms with E-state index in [1.807, 2.05) is 0 Å². The third kappa shape index (κ3) is 6.77. The maximum Gasteiger partial charge on any atom is 0.387 e. The van der Waals surface area contributed by atoms with E-state index >= 15 is 0 Å². The lowest BCUT2D eigenvalue weighted by Crippen LogP contribution is -2.13. The molecule has 0 saturated carbocycles. The molecule has 184 valence electrons. The van der Waals surface area contributed by atoms with Gasteiger partial charge in [0.05, 0.1) is 28.8 Å². The molecule has 35 heavy (non-hydrogen) atoms. The fraction of sp³-hybridized carbons (Fsp3) is 0.0952. The van der Waals surface area contributed by atoms with E-state index < -0.39 is 27.2 Å². The number of rotatable bonds is 10. The number of benzene rings is 3. The van der Waals surface area contributed by atoms with Crippen LogP contribution < -0.4 is 19.6 Å². The number of sulfonamides is 1. The van der Waals surface area contributed by atoms with Crippen molar-refractivity contribution < 1.29 is 31.6 Å². The second-order valence-electron chi connectivity index (χ2n) is 6.71. The number of nitrogens with zero attached hydrogens (tertiary/aromatic N) is 2. The quantitative estimate of drug-likeness (QED) is 0.213. The van der Waals surface area contributed by atoms with Crippen molar-refractivity contribution in [3.63, 3.8) is 0 Å². The van der Waals surface area contributed by atoms with E-state index in [1.54, 1.807) is 12.1 Å². The summed E-state index contributed by atoms with van der Waals surface area (Å²) in [5.74, 6) is -0.145. The molecule has 0 radical (unpaired) electrons. The fourth-order valence-electron chi connectivity index (χ4n) is 2.82. The maximum absolute atomic E-state index is 12.7. The summed E-state index contributed by atoms with van der Waals surface area (Å²) in [5, 5.41) is 15.7. The molecule has 3 aromatic rings. The molecule has 0 heterocycles. The summed E-state index contributed by atoms with van der Waals surface area (Å²) in [6.07, 6.45) is 1.25. The highest BCUT2D eigenvalue weighted by Gasteiger charge is 2.22. The zero-order valence-electron chi connectivity index (χ0n) is 17.8. The number of nitro groups is 1. The molecule has 0 bridgehead atoms. The van der Waals surface area contributed by atoms with E-state index in [9.17, 15) is 27.3 Å². The first kappa shape index (κ1) is 25.6. The van der Waals surface area contributed by atoms with Crippen LogP contribution in [0.3, 0.4) is 0 Å². The molecule has 2 N–H and O–H groups in total. The van der Waals surface area contributed by atoms with Gasteiger partial charge in [0, 0.05) is 11.1 Å². The first-order chi connectivity index (χ1) is 16.6. The van der Waals surface area contributed by atoms with Crippen LogP contribution in [0, 0.1) is 10.1 Å². The number of hydrazone groups is 1. The van der Waals surface area contributed by atoms with Crippen molar-refractivity contribution in [1.82, 2.24) is 0 Å². The van der Waals surface area contributed by atoms with Gasteiger partial charge in [-0.15, -0.1) is 0 Å². The van der Waals surface area contributed by atoms with Gasteiger partial charge in [-0.1, -0.05) is 17.7 Å². The number of hydrogen-bond acceptors (Lipinski definition) is 8. The summed E-state index contributed by atoms with van der Waals surface area (Å²) in [7, 11) is -2.87. The molecule has 3 rings (SSSR count). The number of hydrogen-bond donors (Lipinski definition) is 2.